The fraction of sp³-hybridized carbons (Fsp3) is 0.564. The number of ether oxygens (including phenoxy) is 2. The number of benzene rings is 1. The van der Waals surface area contributed by atoms with Gasteiger partial charge in [0.15, 0.2) is 0 Å². The summed E-state index contributed by atoms with van der Waals surface area (Å²) in [4.78, 5) is 61.9. The summed E-state index contributed by atoms with van der Waals surface area (Å²) < 4.78 is 39.5. The summed E-state index contributed by atoms with van der Waals surface area (Å²) in [7, 11) is -2.38. The SMILES string of the molecule is C=C[C@@H]1C[C@]1(NC(=O)[C@@H]1C[C@@](OC)(c2ccc(-c3ncccc3C)cc2)CN1C(=O)[C@@H](NC(=O)OC1CCCC1)C(C)(C)C)C(=O)NS(=O)(=O)C1CC1. The van der Waals surface area contributed by atoms with Crippen molar-refractivity contribution in [1.29, 1.82) is 0 Å². The molecule has 1 saturated heterocycles. The van der Waals surface area contributed by atoms with Gasteiger partial charge >= 0.3 is 6.09 Å². The Bertz CT molecular complexity index is 1870. The second-order valence-corrected chi connectivity index (χ2v) is 18.0. The minimum absolute atomic E-state index is 0.0171. The largest absolute Gasteiger partial charge is 0.446 e. The van der Waals surface area contributed by atoms with Crippen molar-refractivity contribution in [3.05, 3.63) is 66.4 Å². The van der Waals surface area contributed by atoms with Crippen LogP contribution >= 0.6 is 0 Å². The highest BCUT2D eigenvalue weighted by atomic mass is 32.2. The molecule has 0 radical (unpaired) electrons. The normalized spacial score (nSPS) is 26.4. The molecule has 1 aliphatic heterocycles. The Balaban J connectivity index is 1.32. The van der Waals surface area contributed by atoms with Gasteiger partial charge in [-0.15, -0.1) is 6.58 Å². The molecular formula is C39H51N5O8S. The highest BCUT2D eigenvalue weighted by Gasteiger charge is 2.62. The molecule has 1 aromatic heterocycles. The third-order valence-electron chi connectivity index (χ3n) is 11.2. The van der Waals surface area contributed by atoms with Crippen LogP contribution in [0.1, 0.15) is 83.3 Å². The van der Waals surface area contributed by atoms with Crippen LogP contribution in [-0.2, 0) is 39.5 Å². The Hall–Kier alpha value is -4.30. The van der Waals surface area contributed by atoms with Crippen molar-refractivity contribution in [1.82, 2.24) is 25.2 Å². The summed E-state index contributed by atoms with van der Waals surface area (Å²) in [6.07, 6.45) is 6.85. The van der Waals surface area contributed by atoms with Crippen molar-refractivity contribution < 1.29 is 37.1 Å². The molecule has 4 fully saturated rings. The molecule has 0 bridgehead atoms. The molecule has 3 saturated carbocycles. The summed E-state index contributed by atoms with van der Waals surface area (Å²) >= 11 is 0. The minimum atomic E-state index is -3.90. The van der Waals surface area contributed by atoms with Crippen molar-refractivity contribution in [3.63, 3.8) is 0 Å². The van der Waals surface area contributed by atoms with Crippen LogP contribution in [0.15, 0.2) is 55.3 Å². The fourth-order valence-electron chi connectivity index (χ4n) is 7.68. The molecule has 1 aromatic carbocycles. The molecular weight excluding hydrogens is 699 g/mol. The molecule has 286 valence electrons. The predicted molar refractivity (Wildman–Crippen MR) is 198 cm³/mol. The van der Waals surface area contributed by atoms with Gasteiger partial charge in [-0.2, -0.15) is 0 Å². The summed E-state index contributed by atoms with van der Waals surface area (Å²) in [6, 6.07) is 9.22. The van der Waals surface area contributed by atoms with E-state index in [1.54, 1.807) is 6.20 Å². The number of nitrogens with zero attached hydrogens (tertiary/aromatic N) is 2. The van der Waals surface area contributed by atoms with Gasteiger partial charge in [0.25, 0.3) is 5.91 Å². The van der Waals surface area contributed by atoms with Crippen LogP contribution in [0.25, 0.3) is 11.3 Å². The molecule has 14 heteroatoms. The standard InChI is InChI=1S/C39H51N5O8S/c1-7-26-21-39(26,35(47)43-53(49,50)29-18-19-29)42-33(45)30-22-38(51-6,27-16-14-25(15-17-27)31-24(2)11-10-20-40-31)23-44(30)34(46)32(37(3,4)5)41-36(48)52-28-12-8-9-13-28/h7,10-11,14-17,20,26,28-30,32H,1,8-9,12-13,18-19,21-23H2,2-6H3,(H,41,48)(H,42,45)(H,43,47)/t26-,30+,32-,38+,39-/m1/s1. The van der Waals surface area contributed by atoms with Gasteiger partial charge in [0.05, 0.1) is 17.5 Å². The van der Waals surface area contributed by atoms with Gasteiger partial charge in [0.2, 0.25) is 21.8 Å². The fourth-order valence-corrected chi connectivity index (χ4v) is 9.04. The number of methoxy groups -OCH3 is 1. The lowest BCUT2D eigenvalue weighted by Gasteiger charge is -2.36. The van der Waals surface area contributed by atoms with Crippen molar-refractivity contribution in [2.24, 2.45) is 11.3 Å². The van der Waals surface area contributed by atoms with Crippen LogP contribution in [-0.4, -0.2) is 84.7 Å². The highest BCUT2D eigenvalue weighted by molar-refractivity contribution is 7.91. The maximum Gasteiger partial charge on any atom is 0.408 e. The number of alkyl carbamates (subject to hydrolysis) is 1. The van der Waals surface area contributed by atoms with Gasteiger partial charge in [-0.05, 0) is 74.5 Å². The molecule has 4 amide bonds. The van der Waals surface area contributed by atoms with Crippen molar-refractivity contribution in [3.8, 4) is 11.3 Å². The Kier molecular flexibility index (Phi) is 10.5. The lowest BCUT2D eigenvalue weighted by molar-refractivity contribution is -0.143. The van der Waals surface area contributed by atoms with Crippen molar-refractivity contribution in [2.45, 2.75) is 114 Å². The summed E-state index contributed by atoms with van der Waals surface area (Å²) in [5.41, 5.74) is -0.0844. The molecule has 4 aliphatic rings. The average Bonchev–Trinajstić information content (AvgIpc) is 4.00. The third kappa shape index (κ3) is 7.84. The van der Waals surface area contributed by atoms with E-state index in [1.807, 2.05) is 64.1 Å². The van der Waals surface area contributed by atoms with Gasteiger partial charge in [-0.25, -0.2) is 13.2 Å². The number of sulfonamides is 1. The van der Waals surface area contributed by atoms with Gasteiger partial charge < -0.3 is 25.0 Å². The lowest BCUT2D eigenvalue weighted by Crippen LogP contribution is -2.60. The first-order chi connectivity index (χ1) is 25.0. The Morgan fingerprint density at radius 2 is 1.72 bits per heavy atom. The highest BCUT2D eigenvalue weighted by Crippen LogP contribution is 2.47. The predicted octanol–water partition coefficient (Wildman–Crippen LogP) is 4.25. The first-order valence-electron chi connectivity index (χ1n) is 18.4. The zero-order chi connectivity index (χ0) is 38.3. The summed E-state index contributed by atoms with van der Waals surface area (Å²) in [5.74, 6) is -2.52. The molecule has 0 spiro atoms. The first kappa shape index (κ1) is 38.4. The zero-order valence-corrected chi connectivity index (χ0v) is 32.0. The summed E-state index contributed by atoms with van der Waals surface area (Å²) in [5, 5.41) is 5.00. The number of likely N-dealkylation sites (tertiary alicyclic amines) is 1. The minimum Gasteiger partial charge on any atom is -0.446 e. The van der Waals surface area contributed by atoms with E-state index in [1.165, 1.54) is 18.1 Å². The third-order valence-corrected chi connectivity index (χ3v) is 13.0. The van der Waals surface area contributed by atoms with Crippen LogP contribution in [0.5, 0.6) is 0 Å². The number of amides is 4. The van der Waals surface area contributed by atoms with Crippen LogP contribution in [0.2, 0.25) is 0 Å². The van der Waals surface area contributed by atoms with Crippen molar-refractivity contribution >= 4 is 33.8 Å². The second-order valence-electron chi connectivity index (χ2n) is 16.1. The van der Waals surface area contributed by atoms with Crippen LogP contribution in [0.4, 0.5) is 4.79 Å². The quantitative estimate of drug-likeness (QED) is 0.268. The van der Waals surface area contributed by atoms with Gasteiger partial charge in [0.1, 0.15) is 29.3 Å². The Labute approximate surface area is 311 Å². The monoisotopic (exact) mass is 749 g/mol. The van der Waals surface area contributed by atoms with E-state index in [2.05, 4.69) is 26.9 Å². The molecule has 2 aromatic rings. The number of aromatic nitrogens is 1. The van der Waals surface area contributed by atoms with Crippen LogP contribution in [0, 0.1) is 18.3 Å². The van der Waals surface area contributed by atoms with E-state index in [0.29, 0.717) is 18.4 Å². The maximum atomic E-state index is 14.7. The number of aryl methyl sites for hydroxylation is 1. The lowest BCUT2D eigenvalue weighted by atomic mass is 9.85. The van der Waals surface area contributed by atoms with E-state index in [9.17, 15) is 27.6 Å². The van der Waals surface area contributed by atoms with E-state index >= 15 is 0 Å². The smallest absolute Gasteiger partial charge is 0.408 e. The maximum absolute atomic E-state index is 14.7. The molecule has 6 rings (SSSR count). The zero-order valence-electron chi connectivity index (χ0n) is 31.1. The van der Waals surface area contributed by atoms with E-state index in [0.717, 1.165) is 42.5 Å². The number of nitrogens with one attached hydrogen (secondary N) is 3. The number of rotatable bonds is 12. The molecule has 2 heterocycles. The van der Waals surface area contributed by atoms with Crippen LogP contribution in [0.3, 0.4) is 0 Å². The number of carbonyl (C=O) groups is 4. The Morgan fingerprint density at radius 3 is 2.28 bits per heavy atom. The number of hydrogen-bond donors (Lipinski definition) is 3. The molecule has 5 atom stereocenters. The van der Waals surface area contributed by atoms with E-state index in [-0.39, 0.29) is 25.5 Å². The molecule has 0 unspecified atom stereocenters. The second kappa shape index (κ2) is 14.5. The number of carbonyl (C=O) groups excluding carboxylic acids is 4. The first-order valence-corrected chi connectivity index (χ1v) is 19.9. The van der Waals surface area contributed by atoms with Crippen LogP contribution < -0.4 is 15.4 Å². The van der Waals surface area contributed by atoms with Gasteiger partial charge in [-0.1, -0.05) is 57.2 Å². The topological polar surface area (TPSA) is 173 Å². The van der Waals surface area contributed by atoms with Gasteiger partial charge in [0, 0.05) is 31.2 Å². The Morgan fingerprint density at radius 1 is 1.04 bits per heavy atom. The average molecular weight is 750 g/mol. The molecule has 3 aliphatic carbocycles. The van der Waals surface area contributed by atoms with E-state index in [4.69, 9.17) is 9.47 Å². The molecule has 53 heavy (non-hydrogen) atoms. The summed E-state index contributed by atoms with van der Waals surface area (Å²) in [6.45, 7) is 11.2. The molecule has 13 nitrogen and oxygen atoms in total. The molecule has 3 N–H and O–H groups in total. The van der Waals surface area contributed by atoms with Crippen molar-refractivity contribution in [2.75, 3.05) is 13.7 Å². The van der Waals surface area contributed by atoms with E-state index < -0.39 is 73.6 Å². The number of hydrogen-bond acceptors (Lipinski definition) is 9. The van der Waals surface area contributed by atoms with Gasteiger partial charge in [-0.3, -0.25) is 24.1 Å². The number of pyridine rings is 1.